The van der Waals surface area contributed by atoms with E-state index < -0.39 is 0 Å². The second-order valence-electron chi connectivity index (χ2n) is 6.40. The molecular formula is C18H22N2O4. The van der Waals surface area contributed by atoms with Crippen LogP contribution in [0.25, 0.3) is 0 Å². The monoisotopic (exact) mass is 330 g/mol. The first kappa shape index (κ1) is 16.6. The van der Waals surface area contributed by atoms with Crippen LogP contribution in [0.2, 0.25) is 0 Å². The number of ether oxygens (including phenoxy) is 1. The van der Waals surface area contributed by atoms with Gasteiger partial charge in [0.15, 0.2) is 0 Å². The zero-order valence-corrected chi connectivity index (χ0v) is 13.9. The van der Waals surface area contributed by atoms with Crippen LogP contribution in [0, 0.1) is 5.92 Å². The van der Waals surface area contributed by atoms with Crippen molar-refractivity contribution in [2.75, 3.05) is 33.4 Å². The van der Waals surface area contributed by atoms with Crippen LogP contribution in [0.3, 0.4) is 0 Å². The van der Waals surface area contributed by atoms with Gasteiger partial charge in [-0.1, -0.05) is 12.1 Å². The highest BCUT2D eigenvalue weighted by Crippen LogP contribution is 2.22. The van der Waals surface area contributed by atoms with Crippen LogP contribution >= 0.6 is 0 Å². The molecule has 0 unspecified atom stereocenters. The third-order valence-electron chi connectivity index (χ3n) is 4.81. The summed E-state index contributed by atoms with van der Waals surface area (Å²) in [5.74, 6) is -0.409. The predicted octanol–water partition coefficient (Wildman–Crippen LogP) is 1.56. The zero-order valence-electron chi connectivity index (χ0n) is 13.9. The van der Waals surface area contributed by atoms with E-state index in [1.165, 1.54) is 0 Å². The third kappa shape index (κ3) is 3.33. The van der Waals surface area contributed by atoms with E-state index >= 15 is 0 Å². The SMILES string of the molecule is CN(CCC1CCOCC1)C(=O)CN1C(=O)c2ccccc2C1=O. The van der Waals surface area contributed by atoms with E-state index in [2.05, 4.69) is 0 Å². The molecule has 0 atom stereocenters. The average molecular weight is 330 g/mol. The molecule has 24 heavy (non-hydrogen) atoms. The molecule has 2 heterocycles. The van der Waals surface area contributed by atoms with Gasteiger partial charge in [0.05, 0.1) is 11.1 Å². The van der Waals surface area contributed by atoms with Crippen molar-refractivity contribution in [2.45, 2.75) is 19.3 Å². The van der Waals surface area contributed by atoms with Crippen LogP contribution in [0.15, 0.2) is 24.3 Å². The molecule has 0 bridgehead atoms. The number of benzene rings is 1. The first-order valence-corrected chi connectivity index (χ1v) is 8.35. The van der Waals surface area contributed by atoms with Crippen LogP contribution in [0.5, 0.6) is 0 Å². The van der Waals surface area contributed by atoms with E-state index in [1.807, 2.05) is 0 Å². The summed E-state index contributed by atoms with van der Waals surface area (Å²) in [7, 11) is 1.72. The molecule has 0 aliphatic carbocycles. The summed E-state index contributed by atoms with van der Waals surface area (Å²) in [5.41, 5.74) is 0.750. The predicted molar refractivity (Wildman–Crippen MR) is 87.6 cm³/mol. The molecule has 0 spiro atoms. The lowest BCUT2D eigenvalue weighted by atomic mass is 9.96. The van der Waals surface area contributed by atoms with Gasteiger partial charge in [0.2, 0.25) is 5.91 Å². The first-order valence-electron chi connectivity index (χ1n) is 8.35. The van der Waals surface area contributed by atoms with E-state index in [4.69, 9.17) is 4.74 Å². The molecule has 1 fully saturated rings. The minimum Gasteiger partial charge on any atom is -0.381 e. The number of likely N-dealkylation sites (N-methyl/N-ethyl adjacent to an activating group) is 1. The van der Waals surface area contributed by atoms with Crippen LogP contribution in [0.4, 0.5) is 0 Å². The van der Waals surface area contributed by atoms with Gasteiger partial charge in [0.1, 0.15) is 6.54 Å². The van der Waals surface area contributed by atoms with Gasteiger partial charge in [-0.15, -0.1) is 0 Å². The van der Waals surface area contributed by atoms with Crippen molar-refractivity contribution in [1.82, 2.24) is 9.80 Å². The van der Waals surface area contributed by atoms with E-state index in [0.29, 0.717) is 23.6 Å². The summed E-state index contributed by atoms with van der Waals surface area (Å²) in [6, 6.07) is 6.68. The number of nitrogens with zero attached hydrogens (tertiary/aromatic N) is 2. The Labute approximate surface area is 141 Å². The molecule has 1 saturated heterocycles. The number of hydrogen-bond donors (Lipinski definition) is 0. The molecule has 0 saturated carbocycles. The van der Waals surface area contributed by atoms with Gasteiger partial charge in [0.25, 0.3) is 11.8 Å². The molecule has 0 aromatic heterocycles. The minimum absolute atomic E-state index is 0.198. The minimum atomic E-state index is -0.387. The van der Waals surface area contributed by atoms with Gasteiger partial charge >= 0.3 is 0 Å². The maximum atomic E-state index is 12.4. The maximum Gasteiger partial charge on any atom is 0.262 e. The molecule has 3 amide bonds. The van der Waals surface area contributed by atoms with Gasteiger partial charge in [-0.05, 0) is 37.3 Å². The number of hydrogen-bond acceptors (Lipinski definition) is 4. The molecule has 6 nitrogen and oxygen atoms in total. The molecule has 2 aliphatic heterocycles. The highest BCUT2D eigenvalue weighted by molar-refractivity contribution is 6.22. The van der Waals surface area contributed by atoms with Crippen molar-refractivity contribution in [1.29, 1.82) is 0 Å². The Kier molecular flexibility index (Phi) is 4.94. The molecule has 3 rings (SSSR count). The molecule has 0 N–H and O–H groups in total. The zero-order chi connectivity index (χ0) is 17.1. The number of carbonyl (C=O) groups is 3. The summed E-state index contributed by atoms with van der Waals surface area (Å²) >= 11 is 0. The van der Waals surface area contributed by atoms with Crippen molar-refractivity contribution in [3.63, 3.8) is 0 Å². The smallest absolute Gasteiger partial charge is 0.262 e. The lowest BCUT2D eigenvalue weighted by molar-refractivity contribution is -0.130. The normalized spacial score (nSPS) is 18.0. The molecule has 1 aromatic carbocycles. The van der Waals surface area contributed by atoms with Crippen LogP contribution in [-0.4, -0.2) is 60.9 Å². The van der Waals surface area contributed by atoms with E-state index in [-0.39, 0.29) is 24.3 Å². The summed E-state index contributed by atoms with van der Waals surface area (Å²) in [5, 5.41) is 0. The van der Waals surface area contributed by atoms with Gasteiger partial charge in [-0.2, -0.15) is 0 Å². The average Bonchev–Trinajstić information content (AvgIpc) is 2.86. The number of rotatable bonds is 5. The first-order chi connectivity index (χ1) is 11.6. The van der Waals surface area contributed by atoms with Gasteiger partial charge in [-0.3, -0.25) is 19.3 Å². The number of imide groups is 1. The quantitative estimate of drug-likeness (QED) is 0.769. The second kappa shape index (κ2) is 7.13. The fourth-order valence-electron chi connectivity index (χ4n) is 3.17. The number of carbonyl (C=O) groups excluding carboxylic acids is 3. The Hall–Kier alpha value is -2.21. The molecular weight excluding hydrogens is 308 g/mol. The molecule has 128 valence electrons. The highest BCUT2D eigenvalue weighted by atomic mass is 16.5. The standard InChI is InChI=1S/C18H22N2O4/c1-19(9-6-13-7-10-24-11-8-13)16(21)12-20-17(22)14-4-2-3-5-15(14)18(20)23/h2-5,13H,6-12H2,1H3. The third-order valence-corrected chi connectivity index (χ3v) is 4.81. The van der Waals surface area contributed by atoms with Crippen molar-refractivity contribution >= 4 is 17.7 Å². The van der Waals surface area contributed by atoms with E-state index in [0.717, 1.165) is 37.4 Å². The van der Waals surface area contributed by atoms with Crippen LogP contribution in [-0.2, 0) is 9.53 Å². The molecule has 6 heteroatoms. The van der Waals surface area contributed by atoms with Gasteiger partial charge in [-0.25, -0.2) is 0 Å². The largest absolute Gasteiger partial charge is 0.381 e. The Morgan fingerprint density at radius 3 is 2.33 bits per heavy atom. The van der Waals surface area contributed by atoms with E-state index in [9.17, 15) is 14.4 Å². The molecule has 1 aromatic rings. The fraction of sp³-hybridized carbons (Fsp3) is 0.500. The summed E-state index contributed by atoms with van der Waals surface area (Å²) in [6.45, 7) is 2.01. The fourth-order valence-corrected chi connectivity index (χ4v) is 3.17. The van der Waals surface area contributed by atoms with Gasteiger partial charge < -0.3 is 9.64 Å². The van der Waals surface area contributed by atoms with Crippen molar-refractivity contribution in [3.8, 4) is 0 Å². The number of fused-ring (bicyclic) bond motifs is 1. The Balaban J connectivity index is 1.55. The van der Waals surface area contributed by atoms with Crippen molar-refractivity contribution < 1.29 is 19.1 Å². The molecule has 0 radical (unpaired) electrons. The second-order valence-corrected chi connectivity index (χ2v) is 6.40. The van der Waals surface area contributed by atoms with Crippen LogP contribution in [0.1, 0.15) is 40.0 Å². The number of amides is 3. The summed E-state index contributed by atoms with van der Waals surface area (Å²) < 4.78 is 5.33. The maximum absolute atomic E-state index is 12.4. The Morgan fingerprint density at radius 1 is 1.17 bits per heavy atom. The Morgan fingerprint density at radius 2 is 1.75 bits per heavy atom. The summed E-state index contributed by atoms with van der Waals surface area (Å²) in [6.07, 6.45) is 2.98. The molecule has 2 aliphatic rings. The topological polar surface area (TPSA) is 66.9 Å². The van der Waals surface area contributed by atoms with E-state index in [1.54, 1.807) is 36.2 Å². The van der Waals surface area contributed by atoms with Gasteiger partial charge in [0, 0.05) is 26.8 Å². The van der Waals surface area contributed by atoms with Crippen molar-refractivity contribution in [3.05, 3.63) is 35.4 Å². The highest BCUT2D eigenvalue weighted by Gasteiger charge is 2.36. The van der Waals surface area contributed by atoms with Crippen LogP contribution < -0.4 is 0 Å². The summed E-state index contributed by atoms with van der Waals surface area (Å²) in [4.78, 5) is 39.6. The lowest BCUT2D eigenvalue weighted by Crippen LogP contribution is -2.41. The van der Waals surface area contributed by atoms with Crippen molar-refractivity contribution in [2.24, 2.45) is 5.92 Å². The Bertz CT molecular complexity index is 617. The lowest BCUT2D eigenvalue weighted by Gasteiger charge is -2.25.